The van der Waals surface area contributed by atoms with E-state index in [0.29, 0.717) is 0 Å². The Bertz CT molecular complexity index is 713. The molecule has 1 aliphatic carbocycles. The largest absolute Gasteiger partial charge is 0.274 e. The number of imidazole rings is 1. The number of nitrogens with zero attached hydrogens (tertiary/aromatic N) is 2. The van der Waals surface area contributed by atoms with Gasteiger partial charge in [0, 0.05) is 11.3 Å². The minimum atomic E-state index is 0.00145. The number of carbonyl (C=O) groups is 1. The maximum Gasteiger partial charge on any atom is 0.236 e. The van der Waals surface area contributed by atoms with Crippen LogP contribution >= 0.6 is 0 Å². The van der Waals surface area contributed by atoms with Crippen molar-refractivity contribution in [3.05, 3.63) is 30.1 Å². The summed E-state index contributed by atoms with van der Waals surface area (Å²) in [4.78, 5) is 17.6. The lowest BCUT2D eigenvalue weighted by Crippen LogP contribution is -2.48. The van der Waals surface area contributed by atoms with Gasteiger partial charge in [0.15, 0.2) is 0 Å². The molecule has 4 rings (SSSR count). The maximum atomic E-state index is 12.8. The Morgan fingerprint density at radius 1 is 1.26 bits per heavy atom. The average molecular weight is 254 g/mol. The number of aromatic nitrogens is 2. The van der Waals surface area contributed by atoms with Crippen LogP contribution in [-0.4, -0.2) is 15.5 Å². The molecular weight excluding hydrogens is 236 g/mol. The standard InChI is InChI=1S/C16H18N2O/c1-15(2)10-8-9-16(15,3)14-17-11-6-4-5-7-12(11)18(14)13(10)19/h4-7,10H,8-9H2,1-3H3/t10-,16+/m0/s1. The van der Waals surface area contributed by atoms with Crippen molar-refractivity contribution in [1.82, 2.24) is 9.55 Å². The summed E-state index contributed by atoms with van der Waals surface area (Å²) in [5.74, 6) is 1.34. The van der Waals surface area contributed by atoms with Gasteiger partial charge in [0.05, 0.1) is 11.0 Å². The van der Waals surface area contributed by atoms with Crippen molar-refractivity contribution in [2.45, 2.75) is 39.0 Å². The molecule has 2 heterocycles. The van der Waals surface area contributed by atoms with Gasteiger partial charge in [0.2, 0.25) is 5.91 Å². The summed E-state index contributed by atoms with van der Waals surface area (Å²) in [5.41, 5.74) is 1.91. The van der Waals surface area contributed by atoms with Gasteiger partial charge in [-0.2, -0.15) is 0 Å². The van der Waals surface area contributed by atoms with Gasteiger partial charge in [-0.15, -0.1) is 0 Å². The molecule has 2 aliphatic rings. The molecule has 3 nitrogen and oxygen atoms in total. The summed E-state index contributed by atoms with van der Waals surface area (Å²) in [6.45, 7) is 6.73. The van der Waals surface area contributed by atoms with Gasteiger partial charge in [-0.3, -0.25) is 9.36 Å². The molecule has 2 atom stereocenters. The highest BCUT2D eigenvalue weighted by Gasteiger charge is 2.61. The van der Waals surface area contributed by atoms with E-state index in [1.165, 1.54) is 0 Å². The van der Waals surface area contributed by atoms with E-state index >= 15 is 0 Å². The first-order chi connectivity index (χ1) is 8.97. The van der Waals surface area contributed by atoms with E-state index < -0.39 is 0 Å². The number of benzene rings is 1. The van der Waals surface area contributed by atoms with Crippen molar-refractivity contribution in [3.8, 4) is 0 Å². The average Bonchev–Trinajstić information content (AvgIpc) is 2.83. The van der Waals surface area contributed by atoms with Crippen molar-refractivity contribution in [2.75, 3.05) is 0 Å². The summed E-state index contributed by atoms with van der Waals surface area (Å²) in [6.07, 6.45) is 2.04. The fourth-order valence-corrected chi connectivity index (χ4v) is 4.11. The summed E-state index contributed by atoms with van der Waals surface area (Å²) in [7, 11) is 0. The zero-order valence-corrected chi connectivity index (χ0v) is 11.6. The SMILES string of the molecule is CC1(C)[C@H]2CC[C@]1(C)c1nc3ccccc3n1C2=O. The Morgan fingerprint density at radius 2 is 2.00 bits per heavy atom. The van der Waals surface area contributed by atoms with E-state index in [1.807, 2.05) is 28.8 Å². The van der Waals surface area contributed by atoms with Crippen molar-refractivity contribution in [1.29, 1.82) is 0 Å². The number of hydrogen-bond acceptors (Lipinski definition) is 2. The molecule has 0 amide bonds. The zero-order valence-electron chi connectivity index (χ0n) is 11.6. The van der Waals surface area contributed by atoms with Gasteiger partial charge >= 0.3 is 0 Å². The zero-order chi connectivity index (χ0) is 13.4. The van der Waals surface area contributed by atoms with Crippen LogP contribution in [0.25, 0.3) is 11.0 Å². The predicted octanol–water partition coefficient (Wildman–Crippen LogP) is 3.38. The Balaban J connectivity index is 2.14. The Hall–Kier alpha value is -1.64. The molecule has 98 valence electrons. The molecule has 0 radical (unpaired) electrons. The normalized spacial score (nSPS) is 31.7. The Morgan fingerprint density at radius 3 is 2.79 bits per heavy atom. The summed E-state index contributed by atoms with van der Waals surface area (Å²) in [5, 5.41) is 0. The third kappa shape index (κ3) is 1.06. The van der Waals surface area contributed by atoms with E-state index in [9.17, 15) is 4.79 Å². The van der Waals surface area contributed by atoms with E-state index in [2.05, 4.69) is 20.8 Å². The second-order valence-corrected chi connectivity index (χ2v) is 6.74. The number of hydrogen-bond donors (Lipinski definition) is 0. The molecule has 1 aromatic carbocycles. The second-order valence-electron chi connectivity index (χ2n) is 6.74. The second kappa shape index (κ2) is 3.09. The molecule has 1 aliphatic heterocycles. The molecule has 19 heavy (non-hydrogen) atoms. The summed E-state index contributed by atoms with van der Waals surface area (Å²) in [6, 6.07) is 7.97. The lowest BCUT2D eigenvalue weighted by molar-refractivity contribution is 0.0577. The molecule has 3 heteroatoms. The van der Waals surface area contributed by atoms with Gasteiger partial charge in [-0.05, 0) is 30.4 Å². The molecule has 2 bridgehead atoms. The van der Waals surface area contributed by atoms with Crippen LogP contribution in [0.3, 0.4) is 0 Å². The summed E-state index contributed by atoms with van der Waals surface area (Å²) < 4.78 is 1.89. The first kappa shape index (κ1) is 11.2. The van der Waals surface area contributed by atoms with Crippen LogP contribution in [0, 0.1) is 11.3 Å². The van der Waals surface area contributed by atoms with Crippen LogP contribution in [-0.2, 0) is 5.41 Å². The van der Waals surface area contributed by atoms with Gasteiger partial charge in [-0.1, -0.05) is 32.9 Å². The lowest BCUT2D eigenvalue weighted by atomic mass is 9.63. The molecule has 0 unspecified atom stereocenters. The number of carbonyl (C=O) groups excluding carboxylic acids is 1. The molecule has 2 aromatic rings. The van der Waals surface area contributed by atoms with Gasteiger partial charge in [-0.25, -0.2) is 4.98 Å². The van der Waals surface area contributed by atoms with Crippen LogP contribution in [0.1, 0.15) is 44.2 Å². The highest BCUT2D eigenvalue weighted by Crippen LogP contribution is 2.60. The highest BCUT2D eigenvalue weighted by molar-refractivity contribution is 5.95. The Kier molecular flexibility index (Phi) is 1.82. The van der Waals surface area contributed by atoms with Crippen LogP contribution < -0.4 is 0 Å². The molecule has 1 saturated carbocycles. The quantitative estimate of drug-likeness (QED) is 0.722. The van der Waals surface area contributed by atoms with Gasteiger partial charge < -0.3 is 0 Å². The van der Waals surface area contributed by atoms with Crippen LogP contribution in [0.2, 0.25) is 0 Å². The van der Waals surface area contributed by atoms with Crippen LogP contribution in [0.5, 0.6) is 0 Å². The fourth-order valence-electron chi connectivity index (χ4n) is 4.11. The number of para-hydroxylation sites is 2. The molecule has 0 N–H and O–H groups in total. The predicted molar refractivity (Wildman–Crippen MR) is 74.2 cm³/mol. The molecule has 1 fully saturated rings. The third-order valence-corrected chi connectivity index (χ3v) is 5.80. The molecule has 1 aromatic heterocycles. The smallest absolute Gasteiger partial charge is 0.236 e. The minimum Gasteiger partial charge on any atom is -0.274 e. The third-order valence-electron chi connectivity index (χ3n) is 5.80. The van der Waals surface area contributed by atoms with E-state index in [-0.39, 0.29) is 22.7 Å². The van der Waals surface area contributed by atoms with Crippen molar-refractivity contribution in [3.63, 3.8) is 0 Å². The Labute approximate surface area is 112 Å². The van der Waals surface area contributed by atoms with E-state index in [4.69, 9.17) is 4.98 Å². The van der Waals surface area contributed by atoms with Crippen molar-refractivity contribution >= 4 is 16.9 Å². The van der Waals surface area contributed by atoms with Gasteiger partial charge in [0.1, 0.15) is 5.82 Å². The first-order valence-electron chi connectivity index (χ1n) is 6.99. The van der Waals surface area contributed by atoms with Crippen molar-refractivity contribution in [2.24, 2.45) is 11.3 Å². The van der Waals surface area contributed by atoms with Crippen molar-refractivity contribution < 1.29 is 4.79 Å². The number of rotatable bonds is 0. The first-order valence-corrected chi connectivity index (χ1v) is 6.99. The monoisotopic (exact) mass is 254 g/mol. The molecule has 0 spiro atoms. The van der Waals surface area contributed by atoms with Crippen LogP contribution in [0.15, 0.2) is 24.3 Å². The number of fused-ring (bicyclic) bond motifs is 6. The minimum absolute atomic E-state index is 0.00145. The lowest BCUT2D eigenvalue weighted by Gasteiger charge is -2.44. The van der Waals surface area contributed by atoms with E-state index in [1.54, 1.807) is 0 Å². The topological polar surface area (TPSA) is 34.9 Å². The highest BCUT2D eigenvalue weighted by atomic mass is 16.2. The molecular formula is C16H18N2O. The maximum absolute atomic E-state index is 12.8. The fraction of sp³-hybridized carbons (Fsp3) is 0.500. The van der Waals surface area contributed by atoms with Crippen LogP contribution in [0.4, 0.5) is 0 Å². The van der Waals surface area contributed by atoms with Gasteiger partial charge in [0.25, 0.3) is 0 Å². The van der Waals surface area contributed by atoms with E-state index in [0.717, 1.165) is 29.7 Å². The molecule has 0 saturated heterocycles. The summed E-state index contributed by atoms with van der Waals surface area (Å²) >= 11 is 0.